The molecule has 10 heteroatoms. The minimum Gasteiger partial charge on any atom is -0.508 e. The summed E-state index contributed by atoms with van der Waals surface area (Å²) < 4.78 is 22.0. The molecule has 0 amide bonds. The number of aromatic hydroxyl groups is 1. The fourth-order valence-electron chi connectivity index (χ4n) is 4.50. The number of anilines is 1. The molecule has 0 fully saturated rings. The van der Waals surface area contributed by atoms with E-state index in [0.717, 1.165) is 45.2 Å². The molecule has 0 saturated carbocycles. The number of benzene rings is 2. The van der Waals surface area contributed by atoms with Gasteiger partial charge in [0.2, 0.25) is 0 Å². The summed E-state index contributed by atoms with van der Waals surface area (Å²) in [7, 11) is 3.85. The molecule has 300 valence electrons. The molecular weight excluding hydrogens is 658 g/mol. The van der Waals surface area contributed by atoms with Gasteiger partial charge in [-0.1, -0.05) is 94.9 Å². The number of nitrogen functional groups attached to an aromatic ring is 1. The highest BCUT2D eigenvalue weighted by atomic mass is 16.5. The summed E-state index contributed by atoms with van der Waals surface area (Å²) in [6.07, 6.45) is 7.51. The van der Waals surface area contributed by atoms with Crippen LogP contribution < -0.4 is 15.2 Å². The summed E-state index contributed by atoms with van der Waals surface area (Å²) >= 11 is 0. The van der Waals surface area contributed by atoms with Crippen LogP contribution in [0.1, 0.15) is 135 Å². The lowest BCUT2D eigenvalue weighted by atomic mass is 10.0. The second-order valence-electron chi connectivity index (χ2n) is 12.9. The second kappa shape index (κ2) is 32.2. The van der Waals surface area contributed by atoms with Crippen LogP contribution in [0.15, 0.2) is 36.4 Å². The largest absolute Gasteiger partial charge is 0.508 e. The first-order valence-electron chi connectivity index (χ1n) is 19.6. The monoisotopic (exact) mass is 734 g/mol. The molecule has 2 aromatic rings. The summed E-state index contributed by atoms with van der Waals surface area (Å²) in [6.45, 7) is 25.5. The van der Waals surface area contributed by atoms with Gasteiger partial charge in [0.15, 0.2) is 0 Å². The maximum atomic E-state index is 12.6. The molecule has 0 unspecified atom stereocenters. The Kier molecular flexibility index (Phi) is 31.3. The fourth-order valence-corrected chi connectivity index (χ4v) is 4.50. The van der Waals surface area contributed by atoms with Crippen molar-refractivity contribution in [3.63, 3.8) is 0 Å². The van der Waals surface area contributed by atoms with E-state index < -0.39 is 5.97 Å². The topological polar surface area (TPSA) is 124 Å². The molecule has 0 aliphatic carbocycles. The van der Waals surface area contributed by atoms with Crippen LogP contribution in [0.25, 0.3) is 0 Å². The number of unbranched alkanes of at least 4 members (excludes halogenated alkanes) is 3. The Morgan fingerprint density at radius 2 is 1.33 bits per heavy atom. The number of carbonyl (C=O) groups is 2. The van der Waals surface area contributed by atoms with Crippen molar-refractivity contribution in [2.75, 3.05) is 65.9 Å². The van der Waals surface area contributed by atoms with Gasteiger partial charge in [0.1, 0.15) is 36.0 Å². The third kappa shape index (κ3) is 23.1. The Morgan fingerprint density at radius 1 is 0.750 bits per heavy atom. The van der Waals surface area contributed by atoms with E-state index in [1.165, 1.54) is 25.0 Å². The number of nitrogens with zero attached hydrogens (tertiary/aromatic N) is 2. The Morgan fingerprint density at radius 3 is 1.83 bits per heavy atom. The van der Waals surface area contributed by atoms with E-state index in [0.29, 0.717) is 67.2 Å². The van der Waals surface area contributed by atoms with Crippen LogP contribution in [-0.2, 0) is 9.47 Å². The Hall–Kier alpha value is -3.50. The lowest BCUT2D eigenvalue weighted by Crippen LogP contribution is -2.40. The lowest BCUT2D eigenvalue weighted by Gasteiger charge is -2.30. The van der Waals surface area contributed by atoms with Crippen LogP contribution in [0.4, 0.5) is 5.69 Å². The molecule has 1 atom stereocenters. The summed E-state index contributed by atoms with van der Waals surface area (Å²) in [6, 6.07) is 9.69. The quantitative estimate of drug-likeness (QED) is 0.0729. The van der Waals surface area contributed by atoms with Gasteiger partial charge in [-0.2, -0.15) is 0 Å². The molecule has 0 spiro atoms. The molecule has 0 aliphatic rings. The second-order valence-corrected chi connectivity index (χ2v) is 12.9. The highest BCUT2D eigenvalue weighted by Crippen LogP contribution is 2.26. The van der Waals surface area contributed by atoms with E-state index in [-0.39, 0.29) is 17.8 Å². The van der Waals surface area contributed by atoms with Crippen LogP contribution in [0.3, 0.4) is 0 Å². The van der Waals surface area contributed by atoms with Crippen molar-refractivity contribution < 1.29 is 33.6 Å². The summed E-state index contributed by atoms with van der Waals surface area (Å²) in [4.78, 5) is 28.8. The molecule has 3 N–H and O–H groups in total. The van der Waals surface area contributed by atoms with Gasteiger partial charge >= 0.3 is 11.9 Å². The zero-order valence-corrected chi connectivity index (χ0v) is 34.9. The number of rotatable bonds is 21. The standard InChI is InChI=1S/C21H35NO4.C15H24N2O3.C4H10.C2H6/c1-6-9-12-25-20-14-18(23)10-11-19(20)21(24)26-15-17(13-16(4)5)22(7-2)8-3;1-4-5-9-19-14-11-12(6-7-13(14)16)15(18)20-10-8-17(2)3;1-3-4-2;1-2/h10-11,14,16-17,23H,6-9,12-13,15H2,1-5H3;6-7,11H,4-5,8-10,16H2,1-3H3;3-4H2,1-2H3;1-2H3/t17-;;;/m1.../s1. The molecule has 0 aromatic heterocycles. The van der Waals surface area contributed by atoms with Crippen molar-refractivity contribution in [2.24, 2.45) is 5.92 Å². The zero-order chi connectivity index (χ0) is 39.9. The molecule has 0 saturated heterocycles. The summed E-state index contributed by atoms with van der Waals surface area (Å²) in [5.74, 6) is 0.770. The summed E-state index contributed by atoms with van der Waals surface area (Å²) in [5.41, 5.74) is 7.19. The molecule has 0 bridgehead atoms. The average Bonchev–Trinajstić information content (AvgIpc) is 3.12. The van der Waals surface area contributed by atoms with Crippen molar-refractivity contribution in [1.29, 1.82) is 0 Å². The van der Waals surface area contributed by atoms with Gasteiger partial charge in [0, 0.05) is 18.7 Å². The van der Waals surface area contributed by atoms with Gasteiger partial charge in [0.05, 0.1) is 24.5 Å². The third-order valence-electron chi connectivity index (χ3n) is 7.70. The van der Waals surface area contributed by atoms with Crippen molar-refractivity contribution in [2.45, 2.75) is 120 Å². The molecule has 0 heterocycles. The number of phenols is 1. The van der Waals surface area contributed by atoms with E-state index in [1.807, 2.05) is 32.8 Å². The van der Waals surface area contributed by atoms with E-state index in [1.54, 1.807) is 24.3 Å². The smallest absolute Gasteiger partial charge is 0.341 e. The van der Waals surface area contributed by atoms with Gasteiger partial charge in [-0.3, -0.25) is 4.90 Å². The number of hydrogen-bond acceptors (Lipinski definition) is 10. The molecule has 2 rings (SSSR count). The number of esters is 2. The molecule has 2 aromatic carbocycles. The van der Waals surface area contributed by atoms with Crippen molar-refractivity contribution in [3.05, 3.63) is 47.5 Å². The normalized spacial score (nSPS) is 11.0. The first-order chi connectivity index (χ1) is 24.9. The van der Waals surface area contributed by atoms with Gasteiger partial charge in [-0.05, 0) is 82.7 Å². The van der Waals surface area contributed by atoms with Crippen molar-refractivity contribution in [3.8, 4) is 17.2 Å². The van der Waals surface area contributed by atoms with Crippen molar-refractivity contribution in [1.82, 2.24) is 9.80 Å². The minimum atomic E-state index is -0.405. The van der Waals surface area contributed by atoms with Gasteiger partial charge in [0.25, 0.3) is 0 Å². The van der Waals surface area contributed by atoms with E-state index >= 15 is 0 Å². The number of carbonyl (C=O) groups excluding carboxylic acids is 2. The van der Waals surface area contributed by atoms with Gasteiger partial charge in [-0.25, -0.2) is 9.59 Å². The number of ether oxygens (including phenoxy) is 4. The molecular formula is C42H75N3O7. The number of likely N-dealkylation sites (N-methyl/N-ethyl adjacent to an activating group) is 2. The Balaban J connectivity index is 0. The first kappa shape index (κ1) is 50.6. The van der Waals surface area contributed by atoms with Crippen LogP contribution in [-0.4, -0.2) is 93.0 Å². The fraction of sp³-hybridized carbons (Fsp3) is 0.667. The number of nitrogens with two attached hydrogens (primary N) is 1. The van der Waals surface area contributed by atoms with E-state index in [2.05, 4.69) is 60.3 Å². The van der Waals surface area contributed by atoms with Crippen LogP contribution >= 0.6 is 0 Å². The number of hydrogen-bond donors (Lipinski definition) is 2. The maximum Gasteiger partial charge on any atom is 0.341 e. The van der Waals surface area contributed by atoms with Crippen LogP contribution in [0.2, 0.25) is 0 Å². The summed E-state index contributed by atoms with van der Waals surface area (Å²) in [5, 5.41) is 9.69. The first-order valence-corrected chi connectivity index (χ1v) is 19.6. The van der Waals surface area contributed by atoms with Crippen LogP contribution in [0, 0.1) is 5.92 Å². The predicted molar refractivity (Wildman–Crippen MR) is 217 cm³/mol. The third-order valence-corrected chi connectivity index (χ3v) is 7.70. The highest BCUT2D eigenvalue weighted by molar-refractivity contribution is 5.93. The molecule has 52 heavy (non-hydrogen) atoms. The molecule has 0 aliphatic heterocycles. The Bertz CT molecular complexity index is 1180. The zero-order valence-electron chi connectivity index (χ0n) is 34.9. The van der Waals surface area contributed by atoms with Crippen LogP contribution in [0.5, 0.6) is 17.2 Å². The van der Waals surface area contributed by atoms with Crippen molar-refractivity contribution >= 4 is 17.6 Å². The SMILES string of the molecule is CC.CCCC.CCCCOc1cc(C(=O)OCCN(C)C)ccc1N.CCCCOc1cc(O)ccc1C(=O)OC[C@@H](CC(C)C)N(CC)CC. The molecule has 10 nitrogen and oxygen atoms in total. The average molecular weight is 734 g/mol. The van der Waals surface area contributed by atoms with E-state index in [9.17, 15) is 14.7 Å². The predicted octanol–water partition coefficient (Wildman–Crippen LogP) is 9.48. The van der Waals surface area contributed by atoms with E-state index in [4.69, 9.17) is 24.7 Å². The van der Waals surface area contributed by atoms with Gasteiger partial charge < -0.3 is 34.7 Å². The molecule has 0 radical (unpaired) electrons. The lowest BCUT2D eigenvalue weighted by molar-refractivity contribution is 0.0326. The number of phenolic OH excluding ortho intramolecular Hbond substituents is 1. The minimum absolute atomic E-state index is 0.0777. The Labute approximate surface area is 317 Å². The highest BCUT2D eigenvalue weighted by Gasteiger charge is 2.21. The maximum absolute atomic E-state index is 12.6. The van der Waals surface area contributed by atoms with Gasteiger partial charge in [-0.15, -0.1) is 0 Å².